The number of thiol groups is 1. The minimum absolute atomic E-state index is 0.491. The Bertz CT molecular complexity index is 532. The van der Waals surface area contributed by atoms with Gasteiger partial charge in [-0.15, -0.1) is 0 Å². The molecule has 37 heavy (non-hydrogen) atoms. The van der Waals surface area contributed by atoms with Crippen molar-refractivity contribution >= 4 is 103 Å². The Hall–Kier alpha value is 2.61. The average Bonchev–Trinajstić information content (AvgIpc) is 2.89. The fourth-order valence-corrected chi connectivity index (χ4v) is 9.32. The molecule has 0 rings (SSSR count). The summed E-state index contributed by atoms with van der Waals surface area (Å²) in [5, 5.41) is 6.64. The molecule has 226 valence electrons. The first kappa shape index (κ1) is 44.1. The van der Waals surface area contributed by atoms with E-state index in [9.17, 15) is 4.79 Å². The topological polar surface area (TPSA) is 74.2 Å². The first-order valence-corrected chi connectivity index (χ1v) is 25.7. The molecule has 4 atom stereocenters. The molecule has 0 aromatic heterocycles. The van der Waals surface area contributed by atoms with E-state index in [0.717, 1.165) is 24.6 Å². The van der Waals surface area contributed by atoms with Gasteiger partial charge in [-0.05, 0) is 50.3 Å². The zero-order valence-electron chi connectivity index (χ0n) is 22.8. The fourth-order valence-electron chi connectivity index (χ4n) is 2.20. The van der Waals surface area contributed by atoms with Gasteiger partial charge in [0.2, 0.25) is 0 Å². The van der Waals surface area contributed by atoms with Crippen molar-refractivity contribution in [1.82, 2.24) is 0 Å². The molecule has 0 saturated heterocycles. The summed E-state index contributed by atoms with van der Waals surface area (Å²) >= 11 is 24.4. The third kappa shape index (κ3) is 43.2. The Labute approximate surface area is 259 Å². The summed E-state index contributed by atoms with van der Waals surface area (Å²) in [6.07, 6.45) is 13.8. The molecule has 0 radical (unpaired) electrons. The van der Waals surface area contributed by atoms with Crippen molar-refractivity contribution in [3.05, 3.63) is 0 Å². The zero-order chi connectivity index (χ0) is 28.7. The van der Waals surface area contributed by atoms with E-state index >= 15 is 0 Å². The predicted octanol–water partition coefficient (Wildman–Crippen LogP) is 8.85. The number of carbonyl (C=O) groups is 1. The average molecular weight is 715 g/mol. The van der Waals surface area contributed by atoms with E-state index in [0.29, 0.717) is 37.2 Å². The Kier molecular flexibility index (Phi) is 43.6. The van der Waals surface area contributed by atoms with Crippen LogP contribution in [0.4, 0.5) is 4.79 Å². The maximum atomic E-state index is 9.25. The van der Waals surface area contributed by atoms with Crippen LogP contribution in [0.25, 0.3) is 0 Å². The lowest BCUT2D eigenvalue weighted by Gasteiger charge is -2.08. The van der Waals surface area contributed by atoms with Crippen molar-refractivity contribution < 1.29 is 28.0 Å². The summed E-state index contributed by atoms with van der Waals surface area (Å²) in [6.45, 7) is 7.30. The second-order valence-corrected chi connectivity index (χ2v) is 20.3. The van der Waals surface area contributed by atoms with E-state index < -0.39 is 33.0 Å². The third-order valence-corrected chi connectivity index (χ3v) is 13.9. The second kappa shape index (κ2) is 36.6. The lowest BCUT2D eigenvalue weighted by atomic mass is 10.4. The van der Waals surface area contributed by atoms with Gasteiger partial charge in [-0.25, -0.2) is 4.79 Å². The van der Waals surface area contributed by atoms with Gasteiger partial charge in [0.15, 0.2) is 0 Å². The number of hydrogen-bond acceptors (Lipinski definition) is 11. The summed E-state index contributed by atoms with van der Waals surface area (Å²) in [5.74, 6) is 0. The smallest absolute Gasteiger partial charge is 0.375 e. The first-order chi connectivity index (χ1) is 17.7. The molecule has 0 aliphatic rings. The molecule has 1 N–H and O–H groups in total. The number of carboxylic acid groups (broad SMARTS) is 1. The Morgan fingerprint density at radius 3 is 0.946 bits per heavy atom. The fraction of sp³-hybridized carbons (Fsp3) is 0.952. The van der Waals surface area contributed by atoms with Crippen LogP contribution in [0, 0.1) is 0 Å². The predicted molar refractivity (Wildman–Crippen MR) is 190 cm³/mol. The lowest BCUT2D eigenvalue weighted by Crippen LogP contribution is -1.97. The molecule has 0 fully saturated rings. The third-order valence-electron chi connectivity index (χ3n) is 4.23. The van der Waals surface area contributed by atoms with E-state index in [1.165, 1.54) is 51.4 Å². The van der Waals surface area contributed by atoms with Crippen LogP contribution in [-0.4, -0.2) is 61.5 Å². The van der Waals surface area contributed by atoms with Crippen molar-refractivity contribution in [3.8, 4) is 0 Å². The summed E-state index contributed by atoms with van der Waals surface area (Å²) in [4.78, 5) is 9.25. The monoisotopic (exact) mass is 714 g/mol. The molecule has 0 aromatic carbocycles. The number of unbranched alkanes of at least 4 members (excludes halogenated alkanes) is 4. The molecule has 6 nitrogen and oxygen atoms in total. The molecule has 0 bridgehead atoms. The standard InChI is InChI=1S/2C10H24O2P2S2.CH2O2S2/c2*1-3-5-9-13(15)11-7-8-12-14(16)10-6-4-2;2-1(3)5-4/h2*13-14H,3-10H2,1-2H3;4H,(H,2,3). The van der Waals surface area contributed by atoms with Gasteiger partial charge in [-0.3, -0.25) is 0 Å². The van der Waals surface area contributed by atoms with E-state index in [2.05, 4.69) is 39.4 Å². The van der Waals surface area contributed by atoms with Gasteiger partial charge in [-0.1, -0.05) is 112 Å². The van der Waals surface area contributed by atoms with Crippen LogP contribution < -0.4 is 0 Å². The Morgan fingerprint density at radius 2 is 0.811 bits per heavy atom. The minimum atomic E-state index is -0.986. The summed E-state index contributed by atoms with van der Waals surface area (Å²) in [5.41, 5.74) is 0. The van der Waals surface area contributed by atoms with Crippen molar-refractivity contribution in [3.63, 3.8) is 0 Å². The van der Waals surface area contributed by atoms with Gasteiger partial charge in [0, 0.05) is 10.8 Å². The Balaban J connectivity index is -0.000000528. The van der Waals surface area contributed by atoms with Crippen LogP contribution in [0.15, 0.2) is 0 Å². The normalized spacial score (nSPS) is 13.9. The molecule has 0 aliphatic carbocycles. The van der Waals surface area contributed by atoms with E-state index in [-0.39, 0.29) is 0 Å². The number of hydrogen-bond donors (Lipinski definition) is 2. The lowest BCUT2D eigenvalue weighted by molar-refractivity contribution is 0.222. The molecule has 16 heteroatoms. The highest BCUT2D eigenvalue weighted by Gasteiger charge is 1.99. The van der Waals surface area contributed by atoms with Crippen LogP contribution in [0.3, 0.4) is 0 Å². The summed E-state index contributed by atoms with van der Waals surface area (Å²) in [6, 6.07) is 0. The van der Waals surface area contributed by atoms with Crippen LogP contribution in [-0.2, 0) is 65.3 Å². The van der Waals surface area contributed by atoms with Gasteiger partial charge in [0.25, 0.3) is 0 Å². The molecule has 0 amide bonds. The molecular formula is C21H50O6P4S6. The Morgan fingerprint density at radius 1 is 0.622 bits per heavy atom. The van der Waals surface area contributed by atoms with Crippen LogP contribution in [0.2, 0.25) is 0 Å². The van der Waals surface area contributed by atoms with Crippen molar-refractivity contribution in [2.75, 3.05) is 51.1 Å². The number of rotatable bonds is 22. The molecule has 0 heterocycles. The van der Waals surface area contributed by atoms with Gasteiger partial charge in [0.05, 0.1) is 54.1 Å². The molecule has 0 aromatic rings. The van der Waals surface area contributed by atoms with Gasteiger partial charge < -0.3 is 23.2 Å². The zero-order valence-corrected chi connectivity index (χ0v) is 31.8. The highest BCUT2D eigenvalue weighted by atomic mass is 33.1. The maximum Gasteiger partial charge on any atom is 0.375 e. The van der Waals surface area contributed by atoms with Gasteiger partial charge in [-0.2, -0.15) is 0 Å². The first-order valence-electron chi connectivity index (χ1n) is 12.8. The van der Waals surface area contributed by atoms with E-state index in [1.54, 1.807) is 0 Å². The summed E-state index contributed by atoms with van der Waals surface area (Å²) in [7, 11) is 0.491. The van der Waals surface area contributed by atoms with Crippen molar-refractivity contribution in [2.45, 2.75) is 79.1 Å². The van der Waals surface area contributed by atoms with Gasteiger partial charge >= 0.3 is 5.30 Å². The van der Waals surface area contributed by atoms with E-state index in [1.807, 2.05) is 0 Å². The molecule has 4 unspecified atom stereocenters. The molecule has 0 aliphatic heterocycles. The van der Waals surface area contributed by atoms with Crippen LogP contribution >= 0.6 is 50.2 Å². The quantitative estimate of drug-likeness (QED) is 0.0489. The van der Waals surface area contributed by atoms with Crippen molar-refractivity contribution in [1.29, 1.82) is 0 Å². The van der Waals surface area contributed by atoms with Gasteiger partial charge in [0.1, 0.15) is 0 Å². The summed E-state index contributed by atoms with van der Waals surface area (Å²) < 4.78 is 22.2. The SMILES string of the molecule is CCCC[PH](=S)OCCO[PH](=S)CCCC.CCCC[PH](=S)OCCO[PH](=S)CCCC.O=C(O)SS. The molecule has 0 saturated carbocycles. The molecule has 0 spiro atoms. The van der Waals surface area contributed by atoms with Crippen molar-refractivity contribution in [2.24, 2.45) is 0 Å². The molecular weight excluding hydrogens is 665 g/mol. The highest BCUT2D eigenvalue weighted by molar-refractivity contribution is 8.74. The highest BCUT2D eigenvalue weighted by Crippen LogP contribution is 2.28. The second-order valence-electron chi connectivity index (χ2n) is 7.65. The maximum absolute atomic E-state index is 9.25. The largest absolute Gasteiger partial charge is 0.473 e. The van der Waals surface area contributed by atoms with Crippen LogP contribution in [0.1, 0.15) is 79.1 Å². The minimum Gasteiger partial charge on any atom is -0.473 e. The van der Waals surface area contributed by atoms with E-state index in [4.69, 9.17) is 70.4 Å². The van der Waals surface area contributed by atoms with Crippen LogP contribution in [0.5, 0.6) is 0 Å².